The van der Waals surface area contributed by atoms with Gasteiger partial charge in [0.25, 0.3) is 0 Å². The Morgan fingerprint density at radius 3 is 1.36 bits per heavy atom. The summed E-state index contributed by atoms with van der Waals surface area (Å²) in [7, 11) is -3.86. The largest absolute Gasteiger partial charge is 0.207 e. The van der Waals surface area contributed by atoms with Crippen LogP contribution >= 0.6 is 0 Å². The van der Waals surface area contributed by atoms with Crippen molar-refractivity contribution in [2.45, 2.75) is 26.2 Å². The SMILES string of the molecule is C[Si]1(C)C2=C(c3ccc(F)cc31)[Si](C)(C)c1cc(F)ccc12. The lowest BCUT2D eigenvalue weighted by molar-refractivity contribution is 0.628. The normalized spacial score (nSPS) is 19.9. The van der Waals surface area contributed by atoms with E-state index in [-0.39, 0.29) is 11.6 Å². The van der Waals surface area contributed by atoms with Crippen LogP contribution in [-0.4, -0.2) is 16.1 Å². The molecule has 2 aliphatic rings. The van der Waals surface area contributed by atoms with Crippen LogP contribution in [0.25, 0.3) is 10.4 Å². The second-order valence-electron chi connectivity index (χ2n) is 7.38. The highest BCUT2D eigenvalue weighted by Crippen LogP contribution is 2.48. The van der Waals surface area contributed by atoms with Crippen molar-refractivity contribution in [2.75, 3.05) is 0 Å². The van der Waals surface area contributed by atoms with Crippen LogP contribution in [0.5, 0.6) is 0 Å². The summed E-state index contributed by atoms with van der Waals surface area (Å²) in [5.74, 6) is -0.307. The third-order valence-corrected chi connectivity index (χ3v) is 12.7. The number of hydrogen-bond acceptors (Lipinski definition) is 0. The fourth-order valence-electron chi connectivity index (χ4n) is 4.34. The van der Waals surface area contributed by atoms with Crippen molar-refractivity contribution in [2.24, 2.45) is 0 Å². The van der Waals surface area contributed by atoms with E-state index in [2.05, 4.69) is 26.2 Å². The van der Waals surface area contributed by atoms with Crippen molar-refractivity contribution in [3.63, 3.8) is 0 Å². The van der Waals surface area contributed by atoms with Crippen molar-refractivity contribution in [3.05, 3.63) is 59.2 Å². The molecule has 4 rings (SSSR count). The zero-order valence-corrected chi connectivity index (χ0v) is 15.2. The van der Waals surface area contributed by atoms with Crippen LogP contribution in [0, 0.1) is 11.6 Å². The van der Waals surface area contributed by atoms with Gasteiger partial charge in [0.15, 0.2) is 0 Å². The minimum absolute atomic E-state index is 0.153. The van der Waals surface area contributed by atoms with E-state index in [1.165, 1.54) is 31.9 Å². The number of halogens is 2. The van der Waals surface area contributed by atoms with E-state index in [0.29, 0.717) is 0 Å². The Kier molecular flexibility index (Phi) is 2.60. The van der Waals surface area contributed by atoms with Gasteiger partial charge in [-0.2, -0.15) is 0 Å². The van der Waals surface area contributed by atoms with Crippen LogP contribution in [0.4, 0.5) is 8.78 Å². The number of benzene rings is 2. The first kappa shape index (κ1) is 14.1. The second-order valence-corrected chi connectivity index (χ2v) is 16.0. The lowest BCUT2D eigenvalue weighted by atomic mass is 10.1. The summed E-state index contributed by atoms with van der Waals surface area (Å²) in [6, 6.07) is 10.5. The first-order valence-corrected chi connectivity index (χ1v) is 13.6. The summed E-state index contributed by atoms with van der Waals surface area (Å²) in [5.41, 5.74) is 2.45. The number of fused-ring (bicyclic) bond motifs is 4. The van der Waals surface area contributed by atoms with E-state index < -0.39 is 16.1 Å². The molecular formula is C18H18F2Si2. The Morgan fingerprint density at radius 1 is 0.636 bits per heavy atom. The first-order valence-electron chi connectivity index (χ1n) is 7.60. The van der Waals surface area contributed by atoms with E-state index in [4.69, 9.17) is 0 Å². The molecule has 0 radical (unpaired) electrons. The lowest BCUT2D eigenvalue weighted by Gasteiger charge is -2.25. The van der Waals surface area contributed by atoms with E-state index in [1.807, 2.05) is 12.1 Å². The summed E-state index contributed by atoms with van der Waals surface area (Å²) in [6.07, 6.45) is 0. The van der Waals surface area contributed by atoms with E-state index in [9.17, 15) is 8.78 Å². The molecule has 0 spiro atoms. The zero-order chi connectivity index (χ0) is 15.9. The predicted octanol–water partition coefficient (Wildman–Crippen LogP) is 3.81. The maximum Gasteiger partial charge on any atom is 0.123 e. The number of rotatable bonds is 0. The summed E-state index contributed by atoms with van der Waals surface area (Å²) < 4.78 is 27.6. The quantitative estimate of drug-likeness (QED) is 0.645. The Balaban J connectivity index is 2.09. The molecule has 2 aliphatic heterocycles. The predicted molar refractivity (Wildman–Crippen MR) is 93.8 cm³/mol. The van der Waals surface area contributed by atoms with Gasteiger partial charge in [-0.25, -0.2) is 8.78 Å². The van der Waals surface area contributed by atoms with Gasteiger partial charge in [0.2, 0.25) is 0 Å². The molecule has 2 aromatic carbocycles. The van der Waals surface area contributed by atoms with Gasteiger partial charge in [-0.05, 0) is 56.2 Å². The Labute approximate surface area is 131 Å². The molecule has 0 nitrogen and oxygen atoms in total. The molecular weight excluding hydrogens is 310 g/mol. The van der Waals surface area contributed by atoms with Gasteiger partial charge < -0.3 is 0 Å². The topological polar surface area (TPSA) is 0 Å². The smallest absolute Gasteiger partial charge is 0.123 e. The molecule has 0 atom stereocenters. The molecule has 2 aromatic rings. The lowest BCUT2D eigenvalue weighted by Crippen LogP contribution is -2.45. The second kappa shape index (κ2) is 4.06. The standard InChI is InChI=1S/C18H18F2Si2/c1-21(2)15-9-11(19)5-7-13(15)18-17(21)14-8-6-12(20)10-16(14)22(18,3)4/h5-10H,1-4H3. The van der Waals surface area contributed by atoms with Crippen LogP contribution in [0.3, 0.4) is 0 Å². The molecule has 0 aliphatic carbocycles. The van der Waals surface area contributed by atoms with Crippen molar-refractivity contribution in [1.29, 1.82) is 0 Å². The third kappa shape index (κ3) is 1.54. The maximum atomic E-state index is 13.8. The summed E-state index contributed by atoms with van der Waals surface area (Å²) >= 11 is 0. The molecule has 0 amide bonds. The molecule has 0 saturated heterocycles. The minimum Gasteiger partial charge on any atom is -0.207 e. The molecule has 4 heteroatoms. The molecule has 0 unspecified atom stereocenters. The van der Waals surface area contributed by atoms with Crippen LogP contribution in [0.2, 0.25) is 26.2 Å². The van der Waals surface area contributed by atoms with Gasteiger partial charge in [-0.15, -0.1) is 0 Å². The van der Waals surface area contributed by atoms with Crippen LogP contribution in [0.15, 0.2) is 36.4 Å². The average molecular weight is 329 g/mol. The van der Waals surface area contributed by atoms with Crippen LogP contribution in [0.1, 0.15) is 11.1 Å². The molecule has 0 aromatic heterocycles. The molecule has 2 heterocycles. The van der Waals surface area contributed by atoms with Gasteiger partial charge in [-0.1, -0.05) is 38.3 Å². The Hall–Kier alpha value is -1.53. The van der Waals surface area contributed by atoms with Gasteiger partial charge in [0.05, 0.1) is 0 Å². The van der Waals surface area contributed by atoms with Gasteiger partial charge in [-0.3, -0.25) is 0 Å². The van der Waals surface area contributed by atoms with E-state index in [1.54, 1.807) is 24.3 Å². The molecule has 0 bridgehead atoms. The first-order chi connectivity index (χ1) is 10.2. The highest BCUT2D eigenvalue weighted by molar-refractivity contribution is 7.19. The average Bonchev–Trinajstić information content (AvgIpc) is 2.81. The molecule has 0 saturated carbocycles. The van der Waals surface area contributed by atoms with Crippen molar-refractivity contribution in [3.8, 4) is 0 Å². The van der Waals surface area contributed by atoms with Crippen LogP contribution < -0.4 is 10.4 Å². The molecule has 0 fully saturated rings. The Bertz CT molecular complexity index is 792. The van der Waals surface area contributed by atoms with Crippen molar-refractivity contribution < 1.29 is 8.78 Å². The molecule has 22 heavy (non-hydrogen) atoms. The highest BCUT2D eigenvalue weighted by Gasteiger charge is 2.51. The highest BCUT2D eigenvalue weighted by atomic mass is 28.3. The maximum absolute atomic E-state index is 13.8. The summed E-state index contributed by atoms with van der Waals surface area (Å²) in [6.45, 7) is 9.15. The van der Waals surface area contributed by atoms with Crippen molar-refractivity contribution in [1.82, 2.24) is 0 Å². The third-order valence-electron chi connectivity index (χ3n) is 5.35. The Morgan fingerprint density at radius 2 is 1.00 bits per heavy atom. The fourth-order valence-corrected chi connectivity index (χ4v) is 13.1. The number of hydrogen-bond donors (Lipinski definition) is 0. The van der Waals surface area contributed by atoms with Crippen molar-refractivity contribution >= 4 is 36.9 Å². The van der Waals surface area contributed by atoms with E-state index >= 15 is 0 Å². The fraction of sp³-hybridized carbons (Fsp3) is 0.222. The van der Waals surface area contributed by atoms with E-state index in [0.717, 1.165) is 0 Å². The van der Waals surface area contributed by atoms with Gasteiger partial charge in [0.1, 0.15) is 27.8 Å². The minimum atomic E-state index is -1.93. The monoisotopic (exact) mass is 328 g/mol. The summed E-state index contributed by atoms with van der Waals surface area (Å²) in [4.78, 5) is 0. The van der Waals surface area contributed by atoms with Gasteiger partial charge in [0, 0.05) is 0 Å². The zero-order valence-electron chi connectivity index (χ0n) is 13.2. The summed E-state index contributed by atoms with van der Waals surface area (Å²) in [5, 5.41) is 5.24. The molecule has 0 N–H and O–H groups in total. The van der Waals surface area contributed by atoms with Crippen LogP contribution in [-0.2, 0) is 0 Å². The van der Waals surface area contributed by atoms with Gasteiger partial charge >= 0.3 is 0 Å². The molecule has 112 valence electrons.